The monoisotopic (exact) mass is 284 g/mol. The predicted molar refractivity (Wildman–Crippen MR) is 68.1 cm³/mol. The first-order valence-electron chi connectivity index (χ1n) is 4.07. The summed E-state index contributed by atoms with van der Waals surface area (Å²) in [6, 6.07) is 0.618. The van der Waals surface area contributed by atoms with Crippen LogP contribution in [0.2, 0.25) is 0 Å². The Morgan fingerprint density at radius 3 is 1.46 bits per heavy atom. The van der Waals surface area contributed by atoms with Crippen molar-refractivity contribution in [2.75, 3.05) is 0 Å². The summed E-state index contributed by atoms with van der Waals surface area (Å²) in [6.07, 6.45) is 0. The molecule has 82 valence electrons. The molecule has 0 amide bonds. The number of rotatable bonds is 2. The van der Waals surface area contributed by atoms with Crippen LogP contribution in [0.4, 0.5) is 0 Å². The SMILES string of the molecule is CC(C)N1[SH](Cl)N(C(C)C)S1(Cl)Cl. The highest BCUT2D eigenvalue weighted by Gasteiger charge is 2.53. The lowest BCUT2D eigenvalue weighted by Gasteiger charge is -2.63. The molecule has 0 atom stereocenters. The van der Waals surface area contributed by atoms with Crippen molar-refractivity contribution in [1.82, 2.24) is 7.42 Å². The lowest BCUT2D eigenvalue weighted by atomic mass is 10.4. The van der Waals surface area contributed by atoms with Gasteiger partial charge in [0.15, 0.2) is 0 Å². The Labute approximate surface area is 98.2 Å². The molecule has 1 fully saturated rings. The standard InChI is InChI=1S/C6H15Cl3N2S2/c1-5(2)10-12(7)11(6(3)4)13(10,8)9/h5-6,12H,1-4H3. The van der Waals surface area contributed by atoms with Gasteiger partial charge < -0.3 is 0 Å². The molecular weight excluding hydrogens is 271 g/mol. The van der Waals surface area contributed by atoms with E-state index in [1.807, 2.05) is 7.42 Å². The van der Waals surface area contributed by atoms with Gasteiger partial charge in [-0.25, -0.2) is 0 Å². The first kappa shape index (κ1) is 12.6. The number of hydrogen-bond acceptors (Lipinski definition) is 2. The molecule has 13 heavy (non-hydrogen) atoms. The molecule has 1 aliphatic rings. The molecule has 0 radical (unpaired) electrons. The smallest absolute Gasteiger partial charge is 0.0557 e. The van der Waals surface area contributed by atoms with Gasteiger partial charge in [-0.1, -0.05) is 0 Å². The van der Waals surface area contributed by atoms with E-state index in [2.05, 4.69) is 27.7 Å². The van der Waals surface area contributed by atoms with Crippen LogP contribution < -0.4 is 0 Å². The molecule has 0 bridgehead atoms. The summed E-state index contributed by atoms with van der Waals surface area (Å²) < 4.78 is 4.01. The summed E-state index contributed by atoms with van der Waals surface area (Å²) in [4.78, 5) is 0. The molecule has 2 nitrogen and oxygen atoms in total. The van der Waals surface area contributed by atoms with Crippen molar-refractivity contribution in [1.29, 1.82) is 0 Å². The lowest BCUT2D eigenvalue weighted by Crippen LogP contribution is -2.48. The van der Waals surface area contributed by atoms with E-state index in [0.29, 0.717) is 12.1 Å². The van der Waals surface area contributed by atoms with Crippen molar-refractivity contribution in [3.8, 4) is 0 Å². The molecule has 0 aromatic carbocycles. The van der Waals surface area contributed by atoms with Crippen molar-refractivity contribution in [3.63, 3.8) is 0 Å². The number of thiol groups is 1. The zero-order valence-corrected chi connectivity index (χ0v) is 12.0. The molecule has 7 heteroatoms. The summed E-state index contributed by atoms with van der Waals surface area (Å²) in [7, 11) is 16.1. The Bertz CT molecular complexity index is 182. The largest absolute Gasteiger partial charge is 0.168 e. The van der Waals surface area contributed by atoms with Crippen molar-refractivity contribution >= 4 is 51.4 Å². The van der Waals surface area contributed by atoms with Gasteiger partial charge in [-0.3, -0.25) is 0 Å². The Morgan fingerprint density at radius 2 is 1.31 bits per heavy atom. The van der Waals surface area contributed by atoms with Crippen LogP contribution in [-0.2, 0) is 0 Å². The van der Waals surface area contributed by atoms with Gasteiger partial charge in [0.25, 0.3) is 0 Å². The van der Waals surface area contributed by atoms with Crippen molar-refractivity contribution in [2.24, 2.45) is 0 Å². The van der Waals surface area contributed by atoms with Crippen molar-refractivity contribution in [3.05, 3.63) is 0 Å². The third-order valence-corrected chi connectivity index (χ3v) is 11.8. The van der Waals surface area contributed by atoms with E-state index in [1.54, 1.807) is 0 Å². The van der Waals surface area contributed by atoms with E-state index in [4.69, 9.17) is 32.0 Å². The molecule has 0 aromatic heterocycles. The minimum Gasteiger partial charge on any atom is -0.168 e. The van der Waals surface area contributed by atoms with E-state index in [0.717, 1.165) is 0 Å². The van der Waals surface area contributed by atoms with Gasteiger partial charge in [-0.2, -0.15) is 7.42 Å². The third kappa shape index (κ3) is 2.05. The Kier molecular flexibility index (Phi) is 4.02. The number of halogens is 3. The molecule has 0 N–H and O–H groups in total. The van der Waals surface area contributed by atoms with Gasteiger partial charge in [0.05, 0.1) is 8.83 Å². The molecular formula is C6H15Cl3N2S2. The summed E-state index contributed by atoms with van der Waals surface area (Å²) >= 11 is 0. The van der Waals surface area contributed by atoms with Crippen LogP contribution in [0.15, 0.2) is 0 Å². The molecule has 0 aliphatic carbocycles. The van der Waals surface area contributed by atoms with Crippen LogP contribution in [0.5, 0.6) is 0 Å². The quantitative estimate of drug-likeness (QED) is 0.754. The maximum Gasteiger partial charge on any atom is 0.0557 e. The second-order valence-electron chi connectivity index (χ2n) is 3.45. The van der Waals surface area contributed by atoms with E-state index < -0.39 is 19.3 Å². The molecule has 1 saturated heterocycles. The van der Waals surface area contributed by atoms with E-state index in [-0.39, 0.29) is 0 Å². The Hall–Kier alpha value is 1.49. The minimum atomic E-state index is -1.80. The first-order chi connectivity index (χ1) is 5.80. The van der Waals surface area contributed by atoms with Gasteiger partial charge in [0, 0.05) is 12.1 Å². The molecule has 0 aromatic rings. The Balaban J connectivity index is 2.76. The number of hydrogen-bond donors (Lipinski definition) is 1. The first-order valence-corrected chi connectivity index (χ1v) is 9.42. The molecule has 1 heterocycles. The molecule has 1 rings (SSSR count). The van der Waals surface area contributed by atoms with Gasteiger partial charge >= 0.3 is 0 Å². The van der Waals surface area contributed by atoms with E-state index in [1.165, 1.54) is 0 Å². The molecule has 0 unspecified atom stereocenters. The van der Waals surface area contributed by atoms with Gasteiger partial charge in [-0.05, 0) is 70.2 Å². The van der Waals surface area contributed by atoms with Crippen molar-refractivity contribution in [2.45, 2.75) is 39.8 Å². The van der Waals surface area contributed by atoms with Crippen LogP contribution in [0, 0.1) is 0 Å². The fourth-order valence-corrected chi connectivity index (χ4v) is 12.9. The summed E-state index contributed by atoms with van der Waals surface area (Å²) in [6.45, 7) is 8.23. The van der Waals surface area contributed by atoms with E-state index >= 15 is 0 Å². The molecule has 1 aliphatic heterocycles. The van der Waals surface area contributed by atoms with Crippen LogP contribution in [0.1, 0.15) is 27.7 Å². The summed E-state index contributed by atoms with van der Waals surface area (Å²) in [5.74, 6) is 0. The molecule has 0 saturated carbocycles. The van der Waals surface area contributed by atoms with Crippen LogP contribution >= 0.6 is 51.4 Å². The van der Waals surface area contributed by atoms with E-state index in [9.17, 15) is 0 Å². The van der Waals surface area contributed by atoms with Gasteiger partial charge in [-0.15, -0.1) is 0 Å². The second kappa shape index (κ2) is 4.16. The fourth-order valence-electron chi connectivity index (χ4n) is 1.20. The highest BCUT2D eigenvalue weighted by Crippen LogP contribution is 2.85. The highest BCUT2D eigenvalue weighted by atomic mass is 36.0. The maximum atomic E-state index is 6.25. The van der Waals surface area contributed by atoms with Crippen LogP contribution in [0.25, 0.3) is 0 Å². The lowest BCUT2D eigenvalue weighted by molar-refractivity contribution is 0.472. The van der Waals surface area contributed by atoms with Crippen LogP contribution in [-0.4, -0.2) is 19.5 Å². The van der Waals surface area contributed by atoms with Crippen LogP contribution in [0.3, 0.4) is 0 Å². The van der Waals surface area contributed by atoms with Gasteiger partial charge in [0.2, 0.25) is 0 Å². The second-order valence-corrected chi connectivity index (χ2v) is 10.9. The van der Waals surface area contributed by atoms with Gasteiger partial charge in [0.1, 0.15) is 0 Å². The third-order valence-electron chi connectivity index (χ3n) is 1.66. The fraction of sp³-hybridized carbons (Fsp3) is 1.00. The minimum absolute atomic E-state index is 0.309. The zero-order chi connectivity index (χ0) is 10.4. The Morgan fingerprint density at radius 1 is 1.00 bits per heavy atom. The van der Waals surface area contributed by atoms with Crippen molar-refractivity contribution < 1.29 is 0 Å². The zero-order valence-electron chi connectivity index (χ0n) is 8.04. The maximum absolute atomic E-state index is 6.25. The predicted octanol–water partition coefficient (Wildman–Crippen LogP) is 4.35. The number of nitrogens with zero attached hydrogens (tertiary/aromatic N) is 2. The summed E-state index contributed by atoms with van der Waals surface area (Å²) in [5, 5.41) is 0. The average molecular weight is 286 g/mol. The average Bonchev–Trinajstić information content (AvgIpc) is 1.81. The normalized spacial score (nSPS) is 29.5. The topological polar surface area (TPSA) is 6.48 Å². The summed E-state index contributed by atoms with van der Waals surface area (Å²) in [5.41, 5.74) is 0. The highest BCUT2D eigenvalue weighted by molar-refractivity contribution is 8.75. The molecule has 0 spiro atoms.